The molecule has 2 amide bonds. The predicted molar refractivity (Wildman–Crippen MR) is 78.5 cm³/mol. The van der Waals surface area contributed by atoms with Crippen LogP contribution in [0.3, 0.4) is 0 Å². The third kappa shape index (κ3) is 2.98. The number of nitrogens with one attached hydrogen (secondary N) is 2. The van der Waals surface area contributed by atoms with Gasteiger partial charge in [-0.2, -0.15) is 0 Å². The first kappa shape index (κ1) is 13.5. The van der Waals surface area contributed by atoms with Crippen LogP contribution in [0.2, 0.25) is 0 Å². The van der Waals surface area contributed by atoms with E-state index >= 15 is 0 Å². The van der Waals surface area contributed by atoms with Gasteiger partial charge in [0, 0.05) is 43.6 Å². The first-order valence-electron chi connectivity index (χ1n) is 7.61. The number of nitrogens with zero attached hydrogens (tertiary/aromatic N) is 2. The van der Waals surface area contributed by atoms with Crippen molar-refractivity contribution >= 4 is 6.03 Å². The highest BCUT2D eigenvalue weighted by Crippen LogP contribution is 2.18. The van der Waals surface area contributed by atoms with Crippen molar-refractivity contribution in [2.75, 3.05) is 13.6 Å². The van der Waals surface area contributed by atoms with Gasteiger partial charge in [-0.15, -0.1) is 0 Å². The highest BCUT2D eigenvalue weighted by atomic mass is 16.2. The quantitative estimate of drug-likeness (QED) is 0.880. The van der Waals surface area contributed by atoms with Gasteiger partial charge in [-0.3, -0.25) is 4.90 Å². The van der Waals surface area contributed by atoms with E-state index in [1.807, 2.05) is 0 Å². The number of fused-ring (bicyclic) bond motifs is 1. The Labute approximate surface area is 120 Å². The van der Waals surface area contributed by atoms with Gasteiger partial charge in [-0.05, 0) is 32.0 Å². The zero-order valence-corrected chi connectivity index (χ0v) is 12.1. The summed E-state index contributed by atoms with van der Waals surface area (Å²) in [6.07, 6.45) is 6.86. The molecule has 1 saturated carbocycles. The van der Waals surface area contributed by atoms with Gasteiger partial charge < -0.3 is 15.2 Å². The largest absolute Gasteiger partial charge is 0.349 e. The number of hydrogen-bond donors (Lipinski definition) is 2. The lowest BCUT2D eigenvalue weighted by atomic mass is 10.2. The highest BCUT2D eigenvalue weighted by Gasteiger charge is 2.23. The zero-order valence-electron chi connectivity index (χ0n) is 12.1. The number of carbonyl (C=O) groups excluding carboxylic acids is 1. The van der Waals surface area contributed by atoms with Gasteiger partial charge in [0.05, 0.1) is 0 Å². The van der Waals surface area contributed by atoms with Crippen LogP contribution in [-0.2, 0) is 13.1 Å². The normalized spacial score (nSPS) is 23.6. The Morgan fingerprint density at radius 1 is 1.40 bits per heavy atom. The molecule has 1 atom stereocenters. The van der Waals surface area contributed by atoms with Crippen LogP contribution < -0.4 is 10.6 Å². The summed E-state index contributed by atoms with van der Waals surface area (Å²) in [6.45, 7) is 2.60. The van der Waals surface area contributed by atoms with E-state index in [-0.39, 0.29) is 6.03 Å². The van der Waals surface area contributed by atoms with E-state index < -0.39 is 0 Å². The molecular formula is C15H24N4O. The molecule has 20 heavy (non-hydrogen) atoms. The molecule has 1 aliphatic heterocycles. The SMILES string of the molecule is CN1Cc2cccn2CC1CNC(=O)NC1CCCC1. The van der Waals surface area contributed by atoms with Crippen molar-refractivity contribution in [1.82, 2.24) is 20.1 Å². The monoisotopic (exact) mass is 276 g/mol. The van der Waals surface area contributed by atoms with Gasteiger partial charge in [0.15, 0.2) is 0 Å². The number of hydrogen-bond acceptors (Lipinski definition) is 2. The Kier molecular flexibility index (Phi) is 3.96. The van der Waals surface area contributed by atoms with Crippen LogP contribution in [0.25, 0.3) is 0 Å². The molecule has 2 heterocycles. The van der Waals surface area contributed by atoms with Crippen LogP contribution in [-0.4, -0.2) is 41.2 Å². The van der Waals surface area contributed by atoms with E-state index in [0.29, 0.717) is 18.6 Å². The standard InChI is InChI=1S/C15H24N4O/c1-18-10-13-7-4-8-19(13)11-14(18)9-16-15(20)17-12-5-2-3-6-12/h4,7-8,12,14H,2-3,5-6,9-11H2,1H3,(H2,16,17,20). The maximum atomic E-state index is 11.9. The third-order valence-corrected chi connectivity index (χ3v) is 4.55. The average molecular weight is 276 g/mol. The molecule has 1 fully saturated rings. The second kappa shape index (κ2) is 5.87. The van der Waals surface area contributed by atoms with Crippen LogP contribution in [0.5, 0.6) is 0 Å². The Bertz CT molecular complexity index is 464. The minimum atomic E-state index is -0.0106. The van der Waals surface area contributed by atoms with Gasteiger partial charge in [0.25, 0.3) is 0 Å². The summed E-state index contributed by atoms with van der Waals surface area (Å²) >= 11 is 0. The third-order valence-electron chi connectivity index (χ3n) is 4.55. The molecule has 2 N–H and O–H groups in total. The molecule has 5 heteroatoms. The van der Waals surface area contributed by atoms with Gasteiger partial charge in [0.2, 0.25) is 0 Å². The number of carbonyl (C=O) groups is 1. The maximum Gasteiger partial charge on any atom is 0.315 e. The van der Waals surface area contributed by atoms with Crippen molar-refractivity contribution in [1.29, 1.82) is 0 Å². The second-order valence-electron chi connectivity index (χ2n) is 6.06. The average Bonchev–Trinajstić information content (AvgIpc) is 3.06. The topological polar surface area (TPSA) is 49.3 Å². The highest BCUT2D eigenvalue weighted by molar-refractivity contribution is 5.74. The molecule has 1 aliphatic carbocycles. The van der Waals surface area contributed by atoms with Crippen molar-refractivity contribution in [3.63, 3.8) is 0 Å². The van der Waals surface area contributed by atoms with Crippen LogP contribution in [0.1, 0.15) is 31.4 Å². The zero-order chi connectivity index (χ0) is 13.9. The number of amides is 2. The predicted octanol–water partition coefficient (Wildman–Crippen LogP) is 1.54. The summed E-state index contributed by atoms with van der Waals surface area (Å²) < 4.78 is 2.28. The van der Waals surface area contributed by atoms with E-state index in [2.05, 4.69) is 45.5 Å². The molecule has 110 valence electrons. The Hall–Kier alpha value is -1.49. The van der Waals surface area contributed by atoms with E-state index in [0.717, 1.165) is 25.9 Å². The van der Waals surface area contributed by atoms with Crippen LogP contribution in [0.4, 0.5) is 4.79 Å². The molecule has 1 aromatic heterocycles. The van der Waals surface area contributed by atoms with Crippen molar-refractivity contribution in [3.05, 3.63) is 24.0 Å². The van der Waals surface area contributed by atoms with Gasteiger partial charge in [0.1, 0.15) is 0 Å². The molecule has 0 radical (unpaired) electrons. The van der Waals surface area contributed by atoms with E-state index in [1.165, 1.54) is 18.5 Å². The van der Waals surface area contributed by atoms with E-state index in [1.54, 1.807) is 0 Å². The summed E-state index contributed by atoms with van der Waals surface area (Å²) in [5, 5.41) is 6.10. The molecule has 3 rings (SSSR count). The molecule has 0 saturated heterocycles. The lowest BCUT2D eigenvalue weighted by Crippen LogP contribution is -2.50. The number of aromatic nitrogens is 1. The molecular weight excluding hydrogens is 252 g/mol. The Morgan fingerprint density at radius 3 is 3.00 bits per heavy atom. The molecule has 0 aromatic carbocycles. The molecule has 1 unspecified atom stereocenters. The molecule has 0 spiro atoms. The van der Waals surface area contributed by atoms with Crippen molar-refractivity contribution in [2.24, 2.45) is 0 Å². The Balaban J connectivity index is 1.47. The first-order chi connectivity index (χ1) is 9.72. The van der Waals surface area contributed by atoms with E-state index in [4.69, 9.17) is 0 Å². The van der Waals surface area contributed by atoms with Crippen molar-refractivity contribution in [2.45, 2.75) is 50.9 Å². The van der Waals surface area contributed by atoms with Gasteiger partial charge >= 0.3 is 6.03 Å². The van der Waals surface area contributed by atoms with Crippen LogP contribution in [0, 0.1) is 0 Å². The summed E-state index contributed by atoms with van der Waals surface area (Å²) in [5.41, 5.74) is 1.35. The number of likely N-dealkylation sites (N-methyl/N-ethyl adjacent to an activating group) is 1. The van der Waals surface area contributed by atoms with Gasteiger partial charge in [-0.25, -0.2) is 4.79 Å². The Morgan fingerprint density at radius 2 is 2.20 bits per heavy atom. The minimum absolute atomic E-state index is 0.0106. The summed E-state index contributed by atoms with van der Waals surface area (Å²) in [5.74, 6) is 0. The summed E-state index contributed by atoms with van der Waals surface area (Å²) in [7, 11) is 2.12. The maximum absolute atomic E-state index is 11.9. The minimum Gasteiger partial charge on any atom is -0.349 e. The molecule has 0 bridgehead atoms. The van der Waals surface area contributed by atoms with E-state index in [9.17, 15) is 4.79 Å². The first-order valence-corrected chi connectivity index (χ1v) is 7.61. The lowest BCUT2D eigenvalue weighted by Gasteiger charge is -2.34. The van der Waals surface area contributed by atoms with Gasteiger partial charge in [-0.1, -0.05) is 12.8 Å². The number of urea groups is 1. The number of rotatable bonds is 3. The molecule has 2 aliphatic rings. The fourth-order valence-corrected chi connectivity index (χ4v) is 3.26. The fraction of sp³-hybridized carbons (Fsp3) is 0.667. The second-order valence-corrected chi connectivity index (χ2v) is 6.06. The van der Waals surface area contributed by atoms with Crippen LogP contribution >= 0.6 is 0 Å². The summed E-state index contributed by atoms with van der Waals surface area (Å²) in [6, 6.07) is 4.99. The molecule has 5 nitrogen and oxygen atoms in total. The van der Waals surface area contributed by atoms with Crippen molar-refractivity contribution < 1.29 is 4.79 Å². The van der Waals surface area contributed by atoms with Crippen LogP contribution in [0.15, 0.2) is 18.3 Å². The lowest BCUT2D eigenvalue weighted by molar-refractivity contribution is 0.172. The fourth-order valence-electron chi connectivity index (χ4n) is 3.26. The molecule has 1 aromatic rings. The summed E-state index contributed by atoms with van der Waals surface area (Å²) in [4.78, 5) is 14.2. The van der Waals surface area contributed by atoms with Crippen molar-refractivity contribution in [3.8, 4) is 0 Å². The smallest absolute Gasteiger partial charge is 0.315 e.